The van der Waals surface area contributed by atoms with Crippen LogP contribution in [0, 0.1) is 173 Å². The van der Waals surface area contributed by atoms with Crippen LogP contribution < -0.4 is 0 Å². The fourth-order valence-corrected chi connectivity index (χ4v) is 28.5. The van der Waals surface area contributed by atoms with Crippen molar-refractivity contribution in [3.8, 4) is 6.07 Å². The van der Waals surface area contributed by atoms with E-state index < -0.39 is 0 Å². The minimum absolute atomic E-state index is 0. The van der Waals surface area contributed by atoms with Crippen LogP contribution in [0.1, 0.15) is 287 Å². The molecule has 0 aromatic heterocycles. The van der Waals surface area contributed by atoms with E-state index in [1.54, 1.807) is 0 Å². The van der Waals surface area contributed by atoms with Crippen molar-refractivity contribution in [2.24, 2.45) is 156 Å². The first-order chi connectivity index (χ1) is 40.4. The summed E-state index contributed by atoms with van der Waals surface area (Å²) in [5.41, 5.74) is 3.66. The Labute approximate surface area is 550 Å². The molecule has 29 atom stereocenters. The van der Waals surface area contributed by atoms with Gasteiger partial charge < -0.3 is 21.4 Å². The van der Waals surface area contributed by atoms with E-state index in [1.807, 2.05) is 0 Å². The van der Waals surface area contributed by atoms with E-state index in [0.717, 1.165) is 159 Å². The van der Waals surface area contributed by atoms with Gasteiger partial charge >= 0.3 is 0 Å². The number of rotatable bonds is 1. The fraction of sp³-hybridized carbons (Fsp3) is 0.937. The number of nitrogens with zero attached hydrogens (tertiary/aromatic N) is 1. The summed E-state index contributed by atoms with van der Waals surface area (Å²) in [6.07, 6.45) is 49.6. The van der Waals surface area contributed by atoms with Crippen LogP contribution in [0.5, 0.6) is 0 Å². The van der Waals surface area contributed by atoms with E-state index in [2.05, 4.69) is 80.5 Å². The van der Waals surface area contributed by atoms with Crippen molar-refractivity contribution in [2.45, 2.75) is 299 Å². The summed E-state index contributed by atoms with van der Waals surface area (Å²) in [5, 5.41) is 39.1. The van der Waals surface area contributed by atoms with Crippen LogP contribution >= 0.6 is 0 Å². The number of hydrogen-bond donors (Lipinski definition) is 3. The largest absolute Gasteiger partial charge is 0.500 e. The molecule has 0 aromatic rings. The average molecular weight is 1260 g/mol. The third kappa shape index (κ3) is 11.2. The molecule has 0 aromatic carbocycles. The van der Waals surface area contributed by atoms with Gasteiger partial charge in [-0.05, 0) is 330 Å². The van der Waals surface area contributed by atoms with Gasteiger partial charge in [-0.25, -0.2) is 0 Å². The van der Waals surface area contributed by atoms with Crippen LogP contribution in [0.15, 0.2) is 6.08 Å². The summed E-state index contributed by atoms with van der Waals surface area (Å²) in [5.74, 6) is 16.3. The molecule has 86 heavy (non-hydrogen) atoms. The van der Waals surface area contributed by atoms with Crippen LogP contribution in [-0.4, -0.2) is 45.7 Å². The molecule has 0 saturated heterocycles. The molecule has 16 aliphatic carbocycles. The number of carbonyl (C=O) groups is 2. The van der Waals surface area contributed by atoms with Crippen LogP contribution in [0.2, 0.25) is 0 Å². The Morgan fingerprint density at radius 2 is 0.895 bits per heavy atom. The maximum atomic E-state index is 12.1. The average Bonchev–Trinajstić information content (AvgIpc) is 1.29. The third-order valence-electron chi connectivity index (χ3n) is 33.5. The first-order valence-corrected chi connectivity index (χ1v) is 37.4. The third-order valence-corrected chi connectivity index (χ3v) is 33.5. The van der Waals surface area contributed by atoms with E-state index in [4.69, 9.17) is 0 Å². The summed E-state index contributed by atoms with van der Waals surface area (Å²) in [4.78, 5) is 24.2. The van der Waals surface area contributed by atoms with Crippen molar-refractivity contribution >= 4 is 11.6 Å². The molecule has 1 radical (unpaired) electrons. The number of allylic oxidation sites excluding steroid dienone is 2. The maximum Gasteiger partial charge on any atom is 0.133 e. The van der Waals surface area contributed by atoms with Crippen molar-refractivity contribution in [1.82, 2.24) is 0 Å². The molecule has 15 fully saturated rings. The van der Waals surface area contributed by atoms with Gasteiger partial charge in [-0.1, -0.05) is 74.7 Å². The molecule has 15 saturated carbocycles. The standard InChI is InChI=1S/C20H31NO.C20H32O.C20H31O.C19H30O2.Y/c1-19-7-6-17-16(18(19)9-13(11-19)12-21)4-3-14-10-15(22)5-8-20(14,17)2;1-13-6-9-20(3)14(10-13)4-5-16-17(20)7-8-19(2)12-15(21)11-18(16)19;1-19-9-3-4-17(19)16-6-5-15-12-14(13-21)7-11-20(15,2)18(16)8-10-19;1-18-7-6-16-15(17(18)10-14(21)11-18)4-3-12-9-13(20)5-8-19(12,16)2;/h13-18,22H,3-11H2,1-2H3;13-14,16-18H,4-12H2,1-3H3;9,14-18,21H,4-8,10-13H2,1-2H3;12-13,15-17,20H,3-11H2,1-2H3;/q;;-1;;/t13-,14+,15+,16+,17-,18-,19+,20-;13-,14-,16-,17+,18+,19-,20+;14-,15-,16+,17+,18+,19+,20+;12-,13-,15-,16+,17+,18-,19+;/m1000./s1. The summed E-state index contributed by atoms with van der Waals surface area (Å²) >= 11 is 0. The van der Waals surface area contributed by atoms with Gasteiger partial charge in [0.05, 0.1) is 18.3 Å². The Bertz CT molecular complexity index is 2460. The predicted octanol–water partition coefficient (Wildman–Crippen LogP) is 18.3. The van der Waals surface area contributed by atoms with Crippen LogP contribution in [-0.2, 0) is 42.3 Å². The number of nitriles is 1. The van der Waals surface area contributed by atoms with Gasteiger partial charge in [0.25, 0.3) is 0 Å². The molecule has 0 aliphatic heterocycles. The zero-order chi connectivity index (χ0) is 59.9. The summed E-state index contributed by atoms with van der Waals surface area (Å²) in [6, 6.07) is 2.58. The zero-order valence-electron chi connectivity index (χ0n) is 56.3. The van der Waals surface area contributed by atoms with Gasteiger partial charge in [-0.15, -0.1) is 0 Å². The predicted molar refractivity (Wildman–Crippen MR) is 341 cm³/mol. The zero-order valence-corrected chi connectivity index (χ0v) is 59.2. The normalized spacial score (nSPS) is 55.9. The van der Waals surface area contributed by atoms with Crippen molar-refractivity contribution in [1.29, 1.82) is 5.26 Å². The molecule has 16 rings (SSSR count). The molecular formula is C79H124NO5Y-. The van der Waals surface area contributed by atoms with E-state index in [-0.39, 0.29) is 44.9 Å². The smallest absolute Gasteiger partial charge is 0.133 e. The van der Waals surface area contributed by atoms with Gasteiger partial charge in [0.2, 0.25) is 0 Å². The van der Waals surface area contributed by atoms with E-state index >= 15 is 0 Å². The quantitative estimate of drug-likeness (QED) is 0.225. The van der Waals surface area contributed by atoms with Gasteiger partial charge in [0.15, 0.2) is 0 Å². The van der Waals surface area contributed by atoms with Gasteiger partial charge in [-0.2, -0.15) is 11.7 Å². The van der Waals surface area contributed by atoms with Crippen LogP contribution in [0.3, 0.4) is 0 Å². The minimum Gasteiger partial charge on any atom is -0.500 e. The molecule has 16 aliphatic rings. The Hall–Kier alpha value is -0.446. The van der Waals surface area contributed by atoms with Crippen LogP contribution in [0.4, 0.5) is 0 Å². The summed E-state index contributed by atoms with van der Waals surface area (Å²) in [7, 11) is 0. The second-order valence-corrected chi connectivity index (χ2v) is 37.5. The summed E-state index contributed by atoms with van der Waals surface area (Å²) < 4.78 is 0. The van der Waals surface area contributed by atoms with Gasteiger partial charge in [0.1, 0.15) is 11.6 Å². The maximum absolute atomic E-state index is 12.1. The molecule has 7 heteroatoms. The first-order valence-electron chi connectivity index (χ1n) is 37.4. The monoisotopic (exact) mass is 1260 g/mol. The second kappa shape index (κ2) is 24.4. The van der Waals surface area contributed by atoms with Crippen molar-refractivity contribution in [3.63, 3.8) is 0 Å². The minimum atomic E-state index is -0.0541. The number of aliphatic hydroxyl groups is 3. The fourth-order valence-electron chi connectivity index (χ4n) is 28.5. The first kappa shape index (κ1) is 65.6. The van der Waals surface area contributed by atoms with Crippen LogP contribution in [0.25, 0.3) is 0 Å². The number of ketones is 2. The number of aliphatic hydroxyl groups excluding tert-OH is 3. The Morgan fingerprint density at radius 3 is 1.38 bits per heavy atom. The molecule has 3 N–H and O–H groups in total. The molecule has 6 nitrogen and oxygen atoms in total. The van der Waals surface area contributed by atoms with E-state index in [9.17, 15) is 30.2 Å². The Morgan fingerprint density at radius 1 is 0.477 bits per heavy atom. The molecule has 0 bridgehead atoms. The molecule has 0 amide bonds. The SMILES string of the molecule is C[C@@]12CC[C@@H]3[C@H](CC[C@H]4C[C@@H](O)CC[C@]43C)[C@H]1CC(=O)C2.C[C@@]12CC[C@@H]3[C@H](CC[C@H]4C[C@@H](O)CC[C@]43C)[C@H]1C[C@@H](C#N)C2.C[C@@]12CC[C@H](CO)C[C@@H]1CC[C@H]1[C@H]2CC[C@@]2(C)C=[C-]C[C@H]12.C[C@H]1CC[C@]2(C)[C@@H](CC[C@@H]3[C@H]4CC(=O)C[C@]4(C)CC[C@H]32)C1.[Y]. The number of hydrogen-bond acceptors (Lipinski definition) is 6. The van der Waals surface area contributed by atoms with Crippen molar-refractivity contribution in [2.75, 3.05) is 6.61 Å². The topological polar surface area (TPSA) is 119 Å². The Balaban J connectivity index is 0.000000112. The van der Waals surface area contributed by atoms with Gasteiger partial charge in [0, 0.05) is 70.9 Å². The molecule has 0 unspecified atom stereocenters. The number of fused-ring (bicyclic) bond motifs is 20. The van der Waals surface area contributed by atoms with Gasteiger partial charge in [-0.3, -0.25) is 15.7 Å². The number of carbonyl (C=O) groups excluding carboxylic acids is 2. The molecule has 479 valence electrons. The second-order valence-electron chi connectivity index (χ2n) is 37.5. The van der Waals surface area contributed by atoms with E-state index in [1.165, 1.54) is 161 Å². The molecule has 0 spiro atoms. The van der Waals surface area contributed by atoms with Crippen molar-refractivity contribution < 1.29 is 57.6 Å². The summed E-state index contributed by atoms with van der Waals surface area (Å²) in [6.45, 7) is 22.9. The van der Waals surface area contributed by atoms with Crippen molar-refractivity contribution in [3.05, 3.63) is 12.2 Å². The molecule has 0 heterocycles. The Kier molecular flexibility index (Phi) is 18.6. The van der Waals surface area contributed by atoms with E-state index in [0.29, 0.717) is 79.2 Å². The molecular weight excluding hydrogens is 1130 g/mol. The number of Topliss-reactive ketones (excluding diaryl/α,β-unsaturated/α-hetero) is 2.